The van der Waals surface area contributed by atoms with Gasteiger partial charge in [-0.1, -0.05) is 6.07 Å². The van der Waals surface area contributed by atoms with Gasteiger partial charge in [0.05, 0.1) is 18.4 Å². The highest BCUT2D eigenvalue weighted by molar-refractivity contribution is 5.96. The number of benzene rings is 1. The number of esters is 1. The first-order valence-corrected chi connectivity index (χ1v) is 14.6. The smallest absolute Gasteiger partial charge is 0.343 e. The van der Waals surface area contributed by atoms with Gasteiger partial charge < -0.3 is 24.6 Å². The topological polar surface area (TPSA) is 121 Å². The zero-order valence-corrected chi connectivity index (χ0v) is 25.4. The van der Waals surface area contributed by atoms with Crippen LogP contribution in [-0.2, 0) is 16.1 Å². The second-order valence-corrected chi connectivity index (χ2v) is 10.9. The molecule has 1 aliphatic heterocycles. The third-order valence-electron chi connectivity index (χ3n) is 7.98. The number of amides is 1. The van der Waals surface area contributed by atoms with Gasteiger partial charge in [-0.3, -0.25) is 9.78 Å². The number of piperidine rings is 1. The lowest BCUT2D eigenvalue weighted by Crippen LogP contribution is -2.48. The molecule has 2 aromatic heterocycles. The first-order chi connectivity index (χ1) is 20.8. The maximum atomic E-state index is 12.9. The lowest BCUT2D eigenvalue weighted by molar-refractivity contribution is -0.142. The van der Waals surface area contributed by atoms with Crippen LogP contribution in [0.4, 0.5) is 5.69 Å². The number of hydrogen-bond acceptors (Lipinski definition) is 9. The zero-order valence-electron chi connectivity index (χ0n) is 25.4. The van der Waals surface area contributed by atoms with Gasteiger partial charge in [-0.15, -0.1) is 0 Å². The van der Waals surface area contributed by atoms with E-state index >= 15 is 0 Å². The van der Waals surface area contributed by atoms with Crippen molar-refractivity contribution in [1.82, 2.24) is 20.2 Å². The van der Waals surface area contributed by atoms with Crippen LogP contribution in [0.3, 0.4) is 0 Å². The van der Waals surface area contributed by atoms with Gasteiger partial charge in [0, 0.05) is 56.3 Å². The van der Waals surface area contributed by atoms with Gasteiger partial charge in [0.1, 0.15) is 17.5 Å². The highest BCUT2D eigenvalue weighted by Crippen LogP contribution is 2.28. The van der Waals surface area contributed by atoms with Crippen molar-refractivity contribution in [2.75, 3.05) is 38.3 Å². The summed E-state index contributed by atoms with van der Waals surface area (Å²) in [5.74, 6) is 0.0529. The molecule has 4 rings (SSSR count). The van der Waals surface area contributed by atoms with Gasteiger partial charge in [0.15, 0.2) is 6.61 Å². The van der Waals surface area contributed by atoms with Gasteiger partial charge in [-0.05, 0) is 87.6 Å². The molecule has 1 aliphatic rings. The number of ether oxygens (including phenoxy) is 2. The second kappa shape index (κ2) is 15.1. The Balaban J connectivity index is 1.33. The van der Waals surface area contributed by atoms with Crippen LogP contribution in [0.2, 0.25) is 0 Å². The first-order valence-electron chi connectivity index (χ1n) is 14.6. The molecule has 0 saturated carbocycles. The van der Waals surface area contributed by atoms with Gasteiger partial charge in [0.2, 0.25) is 0 Å². The van der Waals surface area contributed by atoms with E-state index in [0.717, 1.165) is 55.7 Å². The van der Waals surface area contributed by atoms with E-state index in [2.05, 4.69) is 42.8 Å². The molecule has 1 atom stereocenters. The standard InChI is InChI=1S/C33H40N6O4/c1-23-18-27(19-34)37-25(3)32(23)33(41)36-15-11-24(2)38-16-12-29(13-17-38)39(21-26-6-5-14-35-20-26)28-7-9-30(10-8-28)43-22-31(40)42-4/h5-10,14,18,20,24,29H,11-13,15-17,21-22H2,1-4H3,(H,36,41). The number of methoxy groups -OCH3 is 1. The average molecular weight is 585 g/mol. The number of aromatic nitrogens is 2. The summed E-state index contributed by atoms with van der Waals surface area (Å²) in [4.78, 5) is 37.8. The fourth-order valence-corrected chi connectivity index (χ4v) is 5.59. The van der Waals surface area contributed by atoms with E-state index in [0.29, 0.717) is 41.3 Å². The Labute approximate surface area is 253 Å². The van der Waals surface area contributed by atoms with Crippen molar-refractivity contribution >= 4 is 17.6 Å². The maximum Gasteiger partial charge on any atom is 0.343 e. The number of likely N-dealkylation sites (tertiary alicyclic amines) is 1. The molecule has 1 fully saturated rings. The molecule has 1 saturated heterocycles. The van der Waals surface area contributed by atoms with Crippen LogP contribution < -0.4 is 15.0 Å². The Hall–Kier alpha value is -4.49. The summed E-state index contributed by atoms with van der Waals surface area (Å²) in [5.41, 5.74) is 4.43. The Morgan fingerprint density at radius 3 is 2.56 bits per heavy atom. The molecule has 43 heavy (non-hydrogen) atoms. The van der Waals surface area contributed by atoms with Crippen molar-refractivity contribution in [2.24, 2.45) is 0 Å². The normalized spacial score (nSPS) is 14.4. The Morgan fingerprint density at radius 1 is 1.19 bits per heavy atom. The number of nitriles is 1. The van der Waals surface area contributed by atoms with Crippen LogP contribution in [0.1, 0.15) is 59.1 Å². The molecule has 3 aromatic rings. The van der Waals surface area contributed by atoms with Gasteiger partial charge >= 0.3 is 5.97 Å². The fraction of sp³-hybridized carbons (Fsp3) is 0.424. The van der Waals surface area contributed by atoms with E-state index < -0.39 is 5.97 Å². The Bertz CT molecular complexity index is 1390. The van der Waals surface area contributed by atoms with Crippen molar-refractivity contribution in [3.8, 4) is 11.8 Å². The molecule has 0 bridgehead atoms. The maximum absolute atomic E-state index is 12.9. The molecule has 226 valence electrons. The molecule has 10 nitrogen and oxygen atoms in total. The minimum absolute atomic E-state index is 0.124. The summed E-state index contributed by atoms with van der Waals surface area (Å²) in [6.07, 6.45) is 6.54. The first kappa shape index (κ1) is 31.4. The van der Waals surface area contributed by atoms with Gasteiger partial charge in [-0.25, -0.2) is 9.78 Å². The Kier molecular flexibility index (Phi) is 11.1. The number of aryl methyl sites for hydroxylation is 2. The second-order valence-electron chi connectivity index (χ2n) is 10.9. The predicted octanol–water partition coefficient (Wildman–Crippen LogP) is 4.20. The molecule has 1 aromatic carbocycles. The summed E-state index contributed by atoms with van der Waals surface area (Å²) >= 11 is 0. The molecule has 10 heteroatoms. The monoisotopic (exact) mass is 584 g/mol. The summed E-state index contributed by atoms with van der Waals surface area (Å²) in [6, 6.07) is 16.3. The summed E-state index contributed by atoms with van der Waals surface area (Å²) in [6.45, 7) is 8.92. The van der Waals surface area contributed by atoms with Gasteiger partial charge in [-0.2, -0.15) is 5.26 Å². The van der Waals surface area contributed by atoms with E-state index in [1.165, 1.54) is 7.11 Å². The number of nitrogens with one attached hydrogen (secondary N) is 1. The van der Waals surface area contributed by atoms with Crippen molar-refractivity contribution < 1.29 is 19.1 Å². The number of rotatable bonds is 12. The van der Waals surface area contributed by atoms with Crippen molar-refractivity contribution in [2.45, 2.75) is 58.7 Å². The fourth-order valence-electron chi connectivity index (χ4n) is 5.59. The third kappa shape index (κ3) is 8.52. The summed E-state index contributed by atoms with van der Waals surface area (Å²) in [7, 11) is 1.34. The number of carbonyl (C=O) groups excluding carboxylic acids is 2. The molecule has 1 amide bonds. The van der Waals surface area contributed by atoms with Crippen LogP contribution in [0, 0.1) is 25.2 Å². The number of anilines is 1. The average Bonchev–Trinajstić information content (AvgIpc) is 3.03. The van der Waals surface area contributed by atoms with Crippen LogP contribution in [0.15, 0.2) is 54.9 Å². The molecule has 1 unspecified atom stereocenters. The minimum atomic E-state index is -0.417. The van der Waals surface area contributed by atoms with Crippen LogP contribution >= 0.6 is 0 Å². The van der Waals surface area contributed by atoms with E-state index in [4.69, 9.17) is 10.00 Å². The zero-order chi connectivity index (χ0) is 30.8. The SMILES string of the molecule is COC(=O)COc1ccc(N(Cc2cccnc2)C2CCN(C(C)CCNC(=O)c3c(C)cc(C#N)nc3C)CC2)cc1. The van der Waals surface area contributed by atoms with Crippen molar-refractivity contribution in [3.05, 3.63) is 82.9 Å². The van der Waals surface area contributed by atoms with E-state index in [1.54, 1.807) is 19.2 Å². The number of carbonyl (C=O) groups is 2. The lowest BCUT2D eigenvalue weighted by Gasteiger charge is -2.42. The Morgan fingerprint density at radius 2 is 1.93 bits per heavy atom. The molecule has 0 radical (unpaired) electrons. The molecule has 1 N–H and O–H groups in total. The van der Waals surface area contributed by atoms with Crippen molar-refractivity contribution in [3.63, 3.8) is 0 Å². The van der Waals surface area contributed by atoms with Crippen LogP contribution in [0.25, 0.3) is 0 Å². The lowest BCUT2D eigenvalue weighted by atomic mass is 9.99. The summed E-state index contributed by atoms with van der Waals surface area (Å²) in [5, 5.41) is 12.2. The molecule has 0 aliphatic carbocycles. The molecule has 3 heterocycles. The number of hydrogen-bond donors (Lipinski definition) is 1. The quantitative estimate of drug-likeness (QED) is 0.312. The van der Waals surface area contributed by atoms with Crippen molar-refractivity contribution in [1.29, 1.82) is 5.26 Å². The molecule has 0 spiro atoms. The molecular weight excluding hydrogens is 544 g/mol. The minimum Gasteiger partial charge on any atom is -0.482 e. The highest BCUT2D eigenvalue weighted by atomic mass is 16.6. The predicted molar refractivity (Wildman–Crippen MR) is 164 cm³/mol. The largest absolute Gasteiger partial charge is 0.482 e. The number of nitrogens with zero attached hydrogens (tertiary/aromatic N) is 5. The van der Waals surface area contributed by atoms with Crippen LogP contribution in [-0.4, -0.2) is 72.2 Å². The van der Waals surface area contributed by atoms with Crippen LogP contribution in [0.5, 0.6) is 5.75 Å². The van der Waals surface area contributed by atoms with E-state index in [-0.39, 0.29) is 12.5 Å². The van der Waals surface area contributed by atoms with Gasteiger partial charge in [0.25, 0.3) is 5.91 Å². The number of pyridine rings is 2. The van der Waals surface area contributed by atoms with E-state index in [9.17, 15) is 9.59 Å². The van der Waals surface area contributed by atoms with E-state index in [1.807, 2.05) is 49.5 Å². The third-order valence-corrected chi connectivity index (χ3v) is 7.98. The highest BCUT2D eigenvalue weighted by Gasteiger charge is 2.27. The summed E-state index contributed by atoms with van der Waals surface area (Å²) < 4.78 is 10.2. The molecular formula is C33H40N6O4.